The molecule has 3 fully saturated rings. The van der Waals surface area contributed by atoms with Gasteiger partial charge in [0, 0.05) is 37.0 Å². The van der Waals surface area contributed by atoms with Gasteiger partial charge in [-0.15, -0.1) is 0 Å². The van der Waals surface area contributed by atoms with Crippen molar-refractivity contribution in [2.45, 2.75) is 56.9 Å². The summed E-state index contributed by atoms with van der Waals surface area (Å²) < 4.78 is 5.43. The van der Waals surface area contributed by atoms with E-state index in [0.717, 1.165) is 44.7 Å². The highest BCUT2D eigenvalue weighted by Crippen LogP contribution is 2.50. The van der Waals surface area contributed by atoms with Crippen molar-refractivity contribution in [1.82, 2.24) is 10.2 Å². The number of fused-ring (bicyclic) bond motifs is 1. The Kier molecular flexibility index (Phi) is 6.24. The Hall–Kier alpha value is -2.66. The van der Waals surface area contributed by atoms with Gasteiger partial charge in [0.2, 0.25) is 0 Å². The van der Waals surface area contributed by atoms with Crippen LogP contribution < -0.4 is 10.1 Å². The number of amides is 1. The minimum absolute atomic E-state index is 0.00836. The molecular weight excluding hydrogens is 412 g/mol. The lowest BCUT2D eigenvalue weighted by Gasteiger charge is -2.53. The highest BCUT2D eigenvalue weighted by molar-refractivity contribution is 5.94. The molecule has 1 saturated heterocycles. The van der Waals surface area contributed by atoms with E-state index in [4.69, 9.17) is 4.74 Å². The van der Waals surface area contributed by atoms with Crippen molar-refractivity contribution in [1.29, 1.82) is 0 Å². The molecule has 5 nitrogen and oxygen atoms in total. The molecule has 33 heavy (non-hydrogen) atoms. The van der Waals surface area contributed by atoms with Gasteiger partial charge in [0.25, 0.3) is 5.91 Å². The number of hydrogen-bond donors (Lipinski definition) is 1. The van der Waals surface area contributed by atoms with Crippen LogP contribution in [-0.2, 0) is 10.2 Å². The van der Waals surface area contributed by atoms with E-state index >= 15 is 0 Å². The summed E-state index contributed by atoms with van der Waals surface area (Å²) in [5.41, 5.74) is 1.95. The van der Waals surface area contributed by atoms with Gasteiger partial charge in [-0.2, -0.15) is 0 Å². The Morgan fingerprint density at radius 2 is 1.88 bits per heavy atom. The second kappa shape index (κ2) is 9.30. The maximum absolute atomic E-state index is 12.9. The summed E-state index contributed by atoms with van der Waals surface area (Å²) in [6.07, 6.45) is 6.86. The van der Waals surface area contributed by atoms with Crippen molar-refractivity contribution >= 4 is 11.9 Å². The third kappa shape index (κ3) is 4.98. The van der Waals surface area contributed by atoms with E-state index in [-0.39, 0.29) is 23.3 Å². The summed E-state index contributed by atoms with van der Waals surface area (Å²) in [6, 6.07) is 17.7. The Bertz CT molecular complexity index is 1000. The van der Waals surface area contributed by atoms with Gasteiger partial charge in [-0.05, 0) is 86.7 Å². The number of carbonyl (C=O) groups is 2. The Balaban J connectivity index is 1.39. The zero-order valence-corrected chi connectivity index (χ0v) is 19.5. The van der Waals surface area contributed by atoms with Crippen LogP contribution in [-0.4, -0.2) is 42.5 Å². The lowest BCUT2D eigenvalue weighted by Crippen LogP contribution is -2.56. The summed E-state index contributed by atoms with van der Waals surface area (Å²) in [5, 5.41) is 3.33. The van der Waals surface area contributed by atoms with E-state index in [2.05, 4.69) is 22.3 Å². The smallest absolute Gasteiger partial charge is 0.308 e. The van der Waals surface area contributed by atoms with Crippen LogP contribution in [0.4, 0.5) is 0 Å². The van der Waals surface area contributed by atoms with Crippen LogP contribution in [0.2, 0.25) is 0 Å². The number of piperidine rings is 1. The summed E-state index contributed by atoms with van der Waals surface area (Å²) >= 11 is 0. The fraction of sp³-hybridized carbons (Fsp3) is 0.500. The number of nitrogens with one attached hydrogen (secondary N) is 1. The molecule has 1 N–H and O–H groups in total. The van der Waals surface area contributed by atoms with Crippen LogP contribution in [0.1, 0.15) is 61.4 Å². The Labute approximate surface area is 196 Å². The maximum atomic E-state index is 12.9. The lowest BCUT2D eigenvalue weighted by atomic mass is 9.58. The minimum Gasteiger partial charge on any atom is -0.427 e. The van der Waals surface area contributed by atoms with Crippen molar-refractivity contribution in [3.8, 4) is 5.75 Å². The first-order chi connectivity index (χ1) is 16.0. The number of ether oxygens (including phenoxy) is 1. The zero-order valence-electron chi connectivity index (χ0n) is 19.5. The van der Waals surface area contributed by atoms with Gasteiger partial charge in [0.05, 0.1) is 0 Å². The fourth-order valence-corrected chi connectivity index (χ4v) is 6.07. The molecular formula is C28H34N2O3. The summed E-state index contributed by atoms with van der Waals surface area (Å²) in [7, 11) is 0. The van der Waals surface area contributed by atoms with Gasteiger partial charge in [0.15, 0.2) is 0 Å². The molecule has 0 unspecified atom stereocenters. The van der Waals surface area contributed by atoms with Gasteiger partial charge in [-0.1, -0.05) is 30.3 Å². The molecule has 1 heterocycles. The molecule has 2 aliphatic carbocycles. The molecule has 3 atom stereocenters. The van der Waals surface area contributed by atoms with Crippen molar-refractivity contribution in [3.63, 3.8) is 0 Å². The Morgan fingerprint density at radius 1 is 1.06 bits per heavy atom. The molecule has 2 aromatic carbocycles. The molecule has 1 aliphatic heterocycles. The molecule has 5 heteroatoms. The standard InChI is InChI=1S/C28H34N2O3/c1-20(31)33-26-9-5-8-23(16-26)28-14-15-30(18-21-10-11-21)19-24(28)12-13-25(17-28)29-27(32)22-6-3-2-4-7-22/h2-9,16,21,24-25H,10-15,17-19H2,1H3,(H,29,32)/t24-,25+,28+/m1/s1. The van der Waals surface area contributed by atoms with Crippen LogP contribution >= 0.6 is 0 Å². The predicted molar refractivity (Wildman–Crippen MR) is 128 cm³/mol. The topological polar surface area (TPSA) is 58.6 Å². The van der Waals surface area contributed by atoms with E-state index in [9.17, 15) is 9.59 Å². The van der Waals surface area contributed by atoms with E-state index in [1.54, 1.807) is 0 Å². The Morgan fingerprint density at radius 3 is 2.64 bits per heavy atom. The number of hydrogen-bond acceptors (Lipinski definition) is 4. The van der Waals surface area contributed by atoms with E-state index in [1.165, 1.54) is 31.9 Å². The molecule has 0 radical (unpaired) electrons. The summed E-state index contributed by atoms with van der Waals surface area (Å²) in [5.74, 6) is 1.77. The first-order valence-electron chi connectivity index (χ1n) is 12.4. The van der Waals surface area contributed by atoms with Crippen molar-refractivity contribution in [2.75, 3.05) is 19.6 Å². The average Bonchev–Trinajstić information content (AvgIpc) is 3.63. The lowest BCUT2D eigenvalue weighted by molar-refractivity contribution is -0.131. The van der Waals surface area contributed by atoms with Gasteiger partial charge < -0.3 is 15.0 Å². The van der Waals surface area contributed by atoms with Crippen LogP contribution in [0.15, 0.2) is 54.6 Å². The largest absolute Gasteiger partial charge is 0.427 e. The summed E-state index contributed by atoms with van der Waals surface area (Å²) in [4.78, 5) is 27.1. The molecule has 2 saturated carbocycles. The maximum Gasteiger partial charge on any atom is 0.308 e. The number of likely N-dealkylation sites (tertiary alicyclic amines) is 1. The monoisotopic (exact) mass is 446 g/mol. The number of nitrogens with zero attached hydrogens (tertiary/aromatic N) is 1. The molecule has 0 spiro atoms. The fourth-order valence-electron chi connectivity index (χ4n) is 6.07. The van der Waals surface area contributed by atoms with Gasteiger partial charge in [-0.25, -0.2) is 0 Å². The molecule has 1 amide bonds. The molecule has 2 aromatic rings. The number of esters is 1. The third-order valence-electron chi connectivity index (χ3n) is 7.86. The molecule has 3 aliphatic rings. The van der Waals surface area contributed by atoms with Crippen LogP contribution in [0.5, 0.6) is 5.75 Å². The normalized spacial score (nSPS) is 27.4. The third-order valence-corrected chi connectivity index (χ3v) is 7.86. The molecule has 0 bridgehead atoms. The number of rotatable bonds is 6. The summed E-state index contributed by atoms with van der Waals surface area (Å²) in [6.45, 7) is 4.88. The van der Waals surface area contributed by atoms with E-state index in [1.807, 2.05) is 42.5 Å². The van der Waals surface area contributed by atoms with Gasteiger partial charge in [-0.3, -0.25) is 9.59 Å². The van der Waals surface area contributed by atoms with E-state index < -0.39 is 0 Å². The quantitative estimate of drug-likeness (QED) is 0.522. The van der Waals surface area contributed by atoms with Crippen LogP contribution in [0, 0.1) is 11.8 Å². The van der Waals surface area contributed by atoms with E-state index in [0.29, 0.717) is 17.2 Å². The van der Waals surface area contributed by atoms with Crippen molar-refractivity contribution < 1.29 is 14.3 Å². The number of benzene rings is 2. The first kappa shape index (κ1) is 22.1. The first-order valence-corrected chi connectivity index (χ1v) is 12.4. The molecule has 0 aromatic heterocycles. The number of carbonyl (C=O) groups excluding carboxylic acids is 2. The van der Waals surface area contributed by atoms with Crippen LogP contribution in [0.25, 0.3) is 0 Å². The van der Waals surface area contributed by atoms with Gasteiger partial charge >= 0.3 is 5.97 Å². The molecule has 5 rings (SSSR count). The van der Waals surface area contributed by atoms with Crippen molar-refractivity contribution in [3.05, 3.63) is 65.7 Å². The SMILES string of the molecule is CC(=O)Oc1cccc([C@@]23CCN(CC4CC4)C[C@H]2CC[C@H](NC(=O)c2ccccc2)C3)c1. The van der Waals surface area contributed by atoms with Gasteiger partial charge in [0.1, 0.15) is 5.75 Å². The highest BCUT2D eigenvalue weighted by atomic mass is 16.5. The zero-order chi connectivity index (χ0) is 22.8. The highest BCUT2D eigenvalue weighted by Gasteiger charge is 2.48. The second-order valence-electron chi connectivity index (χ2n) is 10.2. The van der Waals surface area contributed by atoms with Crippen molar-refractivity contribution in [2.24, 2.45) is 11.8 Å². The predicted octanol–water partition coefficient (Wildman–Crippen LogP) is 4.56. The minimum atomic E-state index is -0.294. The average molecular weight is 447 g/mol. The van der Waals surface area contributed by atoms with Crippen LogP contribution in [0.3, 0.4) is 0 Å². The second-order valence-corrected chi connectivity index (χ2v) is 10.2. The molecule has 174 valence electrons.